The van der Waals surface area contributed by atoms with E-state index in [2.05, 4.69) is 41.5 Å². The van der Waals surface area contributed by atoms with Crippen LogP contribution in [0.3, 0.4) is 0 Å². The van der Waals surface area contributed by atoms with Crippen LogP contribution in [-0.2, 0) is 19.1 Å². The van der Waals surface area contributed by atoms with Crippen LogP contribution in [0.25, 0.3) is 0 Å². The fourth-order valence-corrected chi connectivity index (χ4v) is 11.9. The fraction of sp³-hybridized carbons (Fsp3) is 0.889. The minimum atomic E-state index is -0.903. The Balaban J connectivity index is 1.32. The van der Waals surface area contributed by atoms with Crippen LogP contribution >= 0.6 is 0 Å². The number of aliphatic hydroxyl groups excluding tert-OH is 2. The predicted molar refractivity (Wildman–Crippen MR) is 163 cm³/mol. The molecule has 1 saturated heterocycles. The second kappa shape index (κ2) is 9.86. The third-order valence-electron chi connectivity index (χ3n) is 15.0. The van der Waals surface area contributed by atoms with Gasteiger partial charge in [-0.1, -0.05) is 47.1 Å². The van der Waals surface area contributed by atoms with Crippen molar-refractivity contribution in [2.75, 3.05) is 0 Å². The van der Waals surface area contributed by atoms with Gasteiger partial charge in [0.1, 0.15) is 6.10 Å². The van der Waals surface area contributed by atoms with Crippen molar-refractivity contribution in [2.45, 2.75) is 150 Å². The zero-order valence-corrected chi connectivity index (χ0v) is 27.7. The van der Waals surface area contributed by atoms with Crippen molar-refractivity contribution in [1.82, 2.24) is 0 Å². The van der Waals surface area contributed by atoms with Crippen molar-refractivity contribution >= 4 is 11.8 Å². The molecule has 5 aliphatic carbocycles. The molecule has 0 unspecified atom stereocenters. The molecule has 4 saturated carbocycles. The second-order valence-corrected chi connectivity index (χ2v) is 17.6. The Labute approximate surface area is 258 Å². The number of carbonyl (C=O) groups excluding carboxylic acids is 1. The lowest BCUT2D eigenvalue weighted by atomic mass is 9.33. The minimum Gasteiger partial charge on any atom is -0.481 e. The number of ether oxygens (including phenoxy) is 2. The van der Waals surface area contributed by atoms with Crippen molar-refractivity contribution in [3.63, 3.8) is 0 Å². The molecule has 3 N–H and O–H groups in total. The Bertz CT molecular complexity index is 1200. The molecule has 6 aliphatic rings. The van der Waals surface area contributed by atoms with Gasteiger partial charge in [0, 0.05) is 12.3 Å². The van der Waals surface area contributed by atoms with Crippen molar-refractivity contribution in [3.8, 4) is 0 Å². The molecule has 43 heavy (non-hydrogen) atoms. The van der Waals surface area contributed by atoms with Crippen LogP contribution in [0.5, 0.6) is 0 Å². The molecule has 6 rings (SSSR count). The number of carboxylic acid groups (broad SMARTS) is 1. The number of aliphatic carboxylic acids is 1. The van der Waals surface area contributed by atoms with E-state index in [1.54, 1.807) is 6.92 Å². The van der Waals surface area contributed by atoms with E-state index >= 15 is 0 Å². The molecule has 1 aliphatic heterocycles. The van der Waals surface area contributed by atoms with Crippen LogP contribution in [0.1, 0.15) is 120 Å². The van der Waals surface area contributed by atoms with Gasteiger partial charge in [0.15, 0.2) is 12.1 Å². The van der Waals surface area contributed by atoms with Gasteiger partial charge in [0.2, 0.25) is 0 Å². The molecule has 0 spiro atoms. The SMILES string of the molecule is C[C@@H]1O[C@@H](O[C@H]2CC[C@]3(C)[C@H]4C(=O)C=C5[C@@H]6C[C@@](C)(C(=O)O)CC[C@]6(C)CC[C@@]5(C)[C@]4(C)CC[C@H]3C2(C)C)C[C@H](O)[C@H]1O. The maximum Gasteiger partial charge on any atom is 0.309 e. The van der Waals surface area contributed by atoms with E-state index in [1.807, 2.05) is 13.0 Å². The van der Waals surface area contributed by atoms with Gasteiger partial charge in [-0.05, 0) is 117 Å². The molecule has 7 heteroatoms. The normalized spacial score (nSPS) is 54.4. The monoisotopic (exact) mass is 600 g/mol. The van der Waals surface area contributed by atoms with Gasteiger partial charge in [0.05, 0.1) is 23.7 Å². The number of allylic oxidation sites excluding steroid dienone is 2. The van der Waals surface area contributed by atoms with E-state index in [0.717, 1.165) is 44.9 Å². The Kier molecular flexibility index (Phi) is 7.27. The molecule has 242 valence electrons. The summed E-state index contributed by atoms with van der Waals surface area (Å²) in [5, 5.41) is 30.7. The van der Waals surface area contributed by atoms with Crippen LogP contribution in [0.15, 0.2) is 11.6 Å². The zero-order valence-electron chi connectivity index (χ0n) is 27.7. The summed E-state index contributed by atoms with van der Waals surface area (Å²) in [5.74, 6) is -0.128. The van der Waals surface area contributed by atoms with E-state index in [9.17, 15) is 24.9 Å². The molecule has 0 amide bonds. The number of fused-ring (bicyclic) bond motifs is 7. The van der Waals surface area contributed by atoms with Crippen LogP contribution in [0, 0.1) is 50.2 Å². The number of carbonyl (C=O) groups is 2. The molecule has 7 nitrogen and oxygen atoms in total. The van der Waals surface area contributed by atoms with Crippen LogP contribution in [0.4, 0.5) is 0 Å². The Hall–Kier alpha value is -1.28. The highest BCUT2D eigenvalue weighted by Crippen LogP contribution is 2.75. The van der Waals surface area contributed by atoms with Gasteiger partial charge in [0.25, 0.3) is 0 Å². The van der Waals surface area contributed by atoms with Gasteiger partial charge in [-0.2, -0.15) is 0 Å². The fourth-order valence-electron chi connectivity index (χ4n) is 11.9. The standard InChI is InChI=1S/C36H56O7/c1-20-28(39)23(37)18-27(42-20)43-26-10-11-34(6)25(31(26,2)3)9-12-36(8)29(34)24(38)17-21-22-19-33(5,30(40)41)14-13-32(22,4)15-16-35(21,36)7/h17,20,22-23,25-29,37,39H,9-16,18-19H2,1-8H3,(H,40,41)/t20-,22-,23-,25-,26-,27-,28-,29+,32+,33-,34-,35+,36+/m0/s1. The van der Waals surface area contributed by atoms with Crippen LogP contribution in [0.2, 0.25) is 0 Å². The van der Waals surface area contributed by atoms with Crippen LogP contribution in [-0.4, -0.2) is 57.8 Å². The van der Waals surface area contributed by atoms with Crippen molar-refractivity contribution in [1.29, 1.82) is 0 Å². The number of rotatable bonds is 3. The molecule has 0 bridgehead atoms. The lowest BCUT2D eigenvalue weighted by Gasteiger charge is -2.70. The largest absolute Gasteiger partial charge is 0.481 e. The molecule has 0 aromatic rings. The maximum absolute atomic E-state index is 14.6. The second-order valence-electron chi connectivity index (χ2n) is 17.6. The van der Waals surface area contributed by atoms with E-state index in [1.165, 1.54) is 5.57 Å². The number of aliphatic hydroxyl groups is 2. The van der Waals surface area contributed by atoms with E-state index in [-0.39, 0.29) is 63.1 Å². The van der Waals surface area contributed by atoms with Gasteiger partial charge in [-0.25, -0.2) is 0 Å². The Morgan fingerprint density at radius 1 is 0.953 bits per heavy atom. The maximum atomic E-state index is 14.6. The van der Waals surface area contributed by atoms with Crippen molar-refractivity contribution in [2.24, 2.45) is 50.2 Å². The molecule has 0 radical (unpaired) electrons. The van der Waals surface area contributed by atoms with Crippen LogP contribution < -0.4 is 0 Å². The highest BCUT2D eigenvalue weighted by molar-refractivity contribution is 5.95. The minimum absolute atomic E-state index is 0.0462. The third-order valence-corrected chi connectivity index (χ3v) is 15.0. The highest BCUT2D eigenvalue weighted by Gasteiger charge is 2.70. The summed E-state index contributed by atoms with van der Waals surface area (Å²) in [6, 6.07) is 0. The molecular weight excluding hydrogens is 544 g/mol. The summed E-state index contributed by atoms with van der Waals surface area (Å²) in [6.07, 6.45) is 7.45. The zero-order chi connectivity index (χ0) is 31.5. The molecule has 0 aromatic heterocycles. The average molecular weight is 601 g/mol. The Morgan fingerprint density at radius 3 is 2.28 bits per heavy atom. The van der Waals surface area contributed by atoms with Gasteiger partial charge in [-0.3, -0.25) is 9.59 Å². The van der Waals surface area contributed by atoms with Gasteiger partial charge in [-0.15, -0.1) is 0 Å². The first-order valence-corrected chi connectivity index (χ1v) is 17.0. The number of hydrogen-bond acceptors (Lipinski definition) is 6. The van der Waals surface area contributed by atoms with E-state index in [4.69, 9.17) is 9.47 Å². The van der Waals surface area contributed by atoms with E-state index < -0.39 is 36.0 Å². The number of carboxylic acids is 1. The summed E-state index contributed by atoms with van der Waals surface area (Å²) in [6.45, 7) is 17.8. The summed E-state index contributed by atoms with van der Waals surface area (Å²) in [7, 11) is 0. The van der Waals surface area contributed by atoms with E-state index in [0.29, 0.717) is 12.8 Å². The predicted octanol–water partition coefficient (Wildman–Crippen LogP) is 6.29. The first-order valence-electron chi connectivity index (χ1n) is 17.0. The first-order chi connectivity index (χ1) is 19.8. The lowest BCUT2D eigenvalue weighted by molar-refractivity contribution is -0.290. The average Bonchev–Trinajstić information content (AvgIpc) is 2.91. The highest BCUT2D eigenvalue weighted by atomic mass is 16.7. The summed E-state index contributed by atoms with van der Waals surface area (Å²) in [5.41, 5.74) is -0.165. The van der Waals surface area contributed by atoms with Crippen molar-refractivity contribution < 1.29 is 34.4 Å². The topological polar surface area (TPSA) is 113 Å². The molecular formula is C36H56O7. The van der Waals surface area contributed by atoms with Gasteiger partial charge < -0.3 is 24.8 Å². The quantitative estimate of drug-likeness (QED) is 0.326. The number of hydrogen-bond donors (Lipinski definition) is 3. The summed E-state index contributed by atoms with van der Waals surface area (Å²) < 4.78 is 12.6. The van der Waals surface area contributed by atoms with Crippen molar-refractivity contribution in [3.05, 3.63) is 11.6 Å². The summed E-state index contributed by atoms with van der Waals surface area (Å²) in [4.78, 5) is 27.0. The number of ketones is 1. The summed E-state index contributed by atoms with van der Waals surface area (Å²) >= 11 is 0. The third kappa shape index (κ3) is 4.33. The Morgan fingerprint density at radius 2 is 1.63 bits per heavy atom. The smallest absolute Gasteiger partial charge is 0.309 e. The first kappa shape index (κ1) is 31.7. The molecule has 5 fully saturated rings. The molecule has 0 aromatic carbocycles. The lowest BCUT2D eigenvalue weighted by Crippen LogP contribution is -2.67. The molecule has 1 heterocycles. The van der Waals surface area contributed by atoms with Gasteiger partial charge >= 0.3 is 5.97 Å². The molecule has 13 atom stereocenters.